The highest BCUT2D eigenvalue weighted by Gasteiger charge is 2.20. The van der Waals surface area contributed by atoms with Crippen LogP contribution in [0.25, 0.3) is 0 Å². The molecule has 0 aromatic carbocycles. The zero-order chi connectivity index (χ0) is 18.1. The number of aromatic nitrogens is 1. The summed E-state index contributed by atoms with van der Waals surface area (Å²) in [5, 5.41) is 3.50. The van der Waals surface area contributed by atoms with Gasteiger partial charge in [-0.25, -0.2) is 4.98 Å². The Hall–Kier alpha value is -1.82. The van der Waals surface area contributed by atoms with Crippen LogP contribution in [-0.2, 0) is 4.74 Å². The molecule has 1 aliphatic rings. The van der Waals surface area contributed by atoms with Crippen LogP contribution in [0, 0.1) is 5.92 Å². The highest BCUT2D eigenvalue weighted by Crippen LogP contribution is 2.13. The highest BCUT2D eigenvalue weighted by atomic mass is 16.5. The van der Waals surface area contributed by atoms with Crippen LogP contribution in [0.4, 0.5) is 5.82 Å². The monoisotopic (exact) mass is 347 g/mol. The Morgan fingerprint density at radius 1 is 1.28 bits per heavy atom. The van der Waals surface area contributed by atoms with Crippen LogP contribution in [0.1, 0.15) is 27.2 Å². The zero-order valence-electron chi connectivity index (χ0n) is 16.1. The molecule has 0 radical (unpaired) electrons. The van der Waals surface area contributed by atoms with Gasteiger partial charge in [0.2, 0.25) is 0 Å². The van der Waals surface area contributed by atoms with Crippen molar-refractivity contribution in [2.24, 2.45) is 10.9 Å². The van der Waals surface area contributed by atoms with E-state index >= 15 is 0 Å². The maximum Gasteiger partial charge on any atom is 0.193 e. The number of rotatable bonds is 7. The van der Waals surface area contributed by atoms with Crippen LogP contribution >= 0.6 is 0 Å². The molecule has 1 aliphatic heterocycles. The molecule has 140 valence electrons. The molecule has 0 bridgehead atoms. The van der Waals surface area contributed by atoms with Gasteiger partial charge < -0.3 is 19.9 Å². The van der Waals surface area contributed by atoms with Crippen LogP contribution in [0.5, 0.6) is 0 Å². The molecule has 1 unspecified atom stereocenters. The number of hydrogen-bond donors (Lipinski definition) is 1. The Morgan fingerprint density at radius 2 is 2.04 bits per heavy atom. The minimum atomic E-state index is 0.302. The van der Waals surface area contributed by atoms with Crippen LogP contribution in [0.15, 0.2) is 29.4 Å². The summed E-state index contributed by atoms with van der Waals surface area (Å²) >= 11 is 0. The molecule has 1 aromatic rings. The van der Waals surface area contributed by atoms with Gasteiger partial charge in [0.25, 0.3) is 0 Å². The van der Waals surface area contributed by atoms with E-state index in [1.54, 1.807) is 0 Å². The third kappa shape index (κ3) is 5.88. The maximum atomic E-state index is 5.82. The van der Waals surface area contributed by atoms with E-state index in [9.17, 15) is 0 Å². The van der Waals surface area contributed by atoms with Crippen molar-refractivity contribution in [2.75, 3.05) is 51.3 Å². The molecular formula is C19H33N5O. The molecule has 1 N–H and O–H groups in total. The second-order valence-electron chi connectivity index (χ2n) is 6.66. The van der Waals surface area contributed by atoms with Gasteiger partial charge in [0.05, 0.1) is 6.10 Å². The lowest BCUT2D eigenvalue weighted by Crippen LogP contribution is -2.53. The van der Waals surface area contributed by atoms with E-state index in [0.29, 0.717) is 12.0 Å². The second kappa shape index (κ2) is 10.2. The molecule has 0 spiro atoms. The first-order valence-corrected chi connectivity index (χ1v) is 9.38. The first-order chi connectivity index (χ1) is 12.2. The van der Waals surface area contributed by atoms with Crippen molar-refractivity contribution in [2.45, 2.75) is 33.3 Å². The first-order valence-electron chi connectivity index (χ1n) is 9.38. The number of guanidine groups is 1. The Kier molecular flexibility index (Phi) is 7.98. The van der Waals surface area contributed by atoms with Crippen LogP contribution in [-0.4, -0.2) is 68.3 Å². The summed E-state index contributed by atoms with van der Waals surface area (Å²) in [7, 11) is 1.86. The van der Waals surface area contributed by atoms with Crippen molar-refractivity contribution in [1.82, 2.24) is 15.2 Å². The van der Waals surface area contributed by atoms with Crippen molar-refractivity contribution in [1.29, 1.82) is 0 Å². The molecule has 1 fully saturated rings. The third-order valence-electron chi connectivity index (χ3n) is 4.60. The topological polar surface area (TPSA) is 53.0 Å². The lowest BCUT2D eigenvalue weighted by Gasteiger charge is -2.37. The van der Waals surface area contributed by atoms with Gasteiger partial charge in [-0.15, -0.1) is 0 Å². The molecule has 6 nitrogen and oxygen atoms in total. The first kappa shape index (κ1) is 19.5. The SMILES string of the molecule is CCOC(CCNC(=NC)N1CCN(c2ccccn2)CC1)C(C)C. The quantitative estimate of drug-likeness (QED) is 0.605. The Bertz CT molecular complexity index is 512. The summed E-state index contributed by atoms with van der Waals surface area (Å²) in [5.41, 5.74) is 0. The van der Waals surface area contributed by atoms with Gasteiger partial charge in [0.15, 0.2) is 5.96 Å². The fraction of sp³-hybridized carbons (Fsp3) is 0.684. The van der Waals surface area contributed by atoms with E-state index in [-0.39, 0.29) is 0 Å². The molecule has 1 aromatic heterocycles. The minimum absolute atomic E-state index is 0.302. The van der Waals surface area contributed by atoms with Crippen molar-refractivity contribution in [3.8, 4) is 0 Å². The van der Waals surface area contributed by atoms with Crippen molar-refractivity contribution in [3.63, 3.8) is 0 Å². The molecule has 0 amide bonds. The normalized spacial score (nSPS) is 17.1. The number of pyridine rings is 1. The molecule has 1 saturated heterocycles. The minimum Gasteiger partial charge on any atom is -0.378 e. The van der Waals surface area contributed by atoms with E-state index in [2.05, 4.69) is 51.9 Å². The fourth-order valence-electron chi connectivity index (χ4n) is 3.17. The van der Waals surface area contributed by atoms with E-state index in [4.69, 9.17) is 4.74 Å². The standard InChI is InChI=1S/C19H33N5O/c1-5-25-17(16(2)3)9-11-22-19(20-4)24-14-12-23(13-15-24)18-8-6-7-10-21-18/h6-8,10,16-17H,5,9,11-15H2,1-4H3,(H,20,22). The summed E-state index contributed by atoms with van der Waals surface area (Å²) in [6.07, 6.45) is 3.15. The molecule has 1 atom stereocenters. The van der Waals surface area contributed by atoms with Crippen LogP contribution < -0.4 is 10.2 Å². The van der Waals surface area contributed by atoms with E-state index in [1.165, 1.54) is 0 Å². The average molecular weight is 348 g/mol. The lowest BCUT2D eigenvalue weighted by atomic mass is 10.0. The lowest BCUT2D eigenvalue weighted by molar-refractivity contribution is 0.0257. The van der Waals surface area contributed by atoms with E-state index in [0.717, 1.165) is 57.5 Å². The summed E-state index contributed by atoms with van der Waals surface area (Å²) in [6.45, 7) is 12.0. The average Bonchev–Trinajstić information content (AvgIpc) is 2.65. The van der Waals surface area contributed by atoms with E-state index in [1.807, 2.05) is 25.4 Å². The summed E-state index contributed by atoms with van der Waals surface area (Å²) in [6, 6.07) is 6.07. The summed E-state index contributed by atoms with van der Waals surface area (Å²) < 4.78 is 5.82. The molecular weight excluding hydrogens is 314 g/mol. The molecule has 2 heterocycles. The predicted molar refractivity (Wildman–Crippen MR) is 104 cm³/mol. The number of aliphatic imine (C=N–C) groups is 1. The molecule has 0 aliphatic carbocycles. The van der Waals surface area contributed by atoms with Crippen molar-refractivity contribution in [3.05, 3.63) is 24.4 Å². The maximum absolute atomic E-state index is 5.82. The van der Waals surface area contributed by atoms with E-state index < -0.39 is 0 Å². The van der Waals surface area contributed by atoms with Gasteiger partial charge in [-0.3, -0.25) is 4.99 Å². The summed E-state index contributed by atoms with van der Waals surface area (Å²) in [5.74, 6) is 2.58. The number of nitrogens with zero attached hydrogens (tertiary/aromatic N) is 4. The molecule has 6 heteroatoms. The number of ether oxygens (including phenoxy) is 1. The zero-order valence-corrected chi connectivity index (χ0v) is 16.1. The van der Waals surface area contributed by atoms with Gasteiger partial charge in [-0.2, -0.15) is 0 Å². The van der Waals surface area contributed by atoms with Crippen molar-refractivity contribution < 1.29 is 4.74 Å². The molecule has 0 saturated carbocycles. The molecule has 25 heavy (non-hydrogen) atoms. The Morgan fingerprint density at radius 3 is 2.60 bits per heavy atom. The second-order valence-corrected chi connectivity index (χ2v) is 6.66. The third-order valence-corrected chi connectivity index (χ3v) is 4.60. The highest BCUT2D eigenvalue weighted by molar-refractivity contribution is 5.80. The van der Waals surface area contributed by atoms with Gasteiger partial charge in [-0.05, 0) is 31.4 Å². The Balaban J connectivity index is 1.78. The van der Waals surface area contributed by atoms with Crippen LogP contribution in [0.3, 0.4) is 0 Å². The number of nitrogens with one attached hydrogen (secondary N) is 1. The Labute approximate surface area is 152 Å². The molecule has 2 rings (SSSR count). The smallest absolute Gasteiger partial charge is 0.193 e. The fourth-order valence-corrected chi connectivity index (χ4v) is 3.17. The number of piperazine rings is 1. The number of hydrogen-bond acceptors (Lipinski definition) is 4. The summed E-state index contributed by atoms with van der Waals surface area (Å²) in [4.78, 5) is 13.5. The van der Waals surface area contributed by atoms with Crippen LogP contribution in [0.2, 0.25) is 0 Å². The van der Waals surface area contributed by atoms with Gasteiger partial charge in [0.1, 0.15) is 5.82 Å². The predicted octanol–water partition coefficient (Wildman–Crippen LogP) is 2.23. The van der Waals surface area contributed by atoms with Gasteiger partial charge in [-0.1, -0.05) is 19.9 Å². The largest absolute Gasteiger partial charge is 0.378 e. The van der Waals surface area contributed by atoms with Gasteiger partial charge >= 0.3 is 0 Å². The van der Waals surface area contributed by atoms with Gasteiger partial charge in [0, 0.05) is 52.6 Å². The van der Waals surface area contributed by atoms with Crippen molar-refractivity contribution >= 4 is 11.8 Å². The number of anilines is 1.